The van der Waals surface area contributed by atoms with Crippen LogP contribution in [0.1, 0.15) is 10.5 Å². The van der Waals surface area contributed by atoms with Gasteiger partial charge >= 0.3 is 5.97 Å². The van der Waals surface area contributed by atoms with Crippen molar-refractivity contribution >= 4 is 22.6 Å². The van der Waals surface area contributed by atoms with Crippen molar-refractivity contribution < 1.29 is 19.7 Å². The fourth-order valence-electron chi connectivity index (χ4n) is 1.73. The summed E-state index contributed by atoms with van der Waals surface area (Å²) in [5, 5.41) is 28.4. The first-order chi connectivity index (χ1) is 9.17. The van der Waals surface area contributed by atoms with Gasteiger partial charge in [0.05, 0.1) is 25.5 Å². The number of aliphatic hydroxyl groups is 2. The van der Waals surface area contributed by atoms with E-state index in [4.69, 9.17) is 5.11 Å². The summed E-state index contributed by atoms with van der Waals surface area (Å²) < 4.78 is 4.65. The van der Waals surface area contributed by atoms with Gasteiger partial charge in [0.1, 0.15) is 5.52 Å². The Morgan fingerprint density at radius 3 is 3.05 bits per heavy atom. The number of hydrogen-bond donors (Lipinski definition) is 4. The lowest BCUT2D eigenvalue weighted by molar-refractivity contribution is 0.0596. The van der Waals surface area contributed by atoms with Gasteiger partial charge in [-0.15, -0.1) is 0 Å². The molecule has 1 heterocycles. The predicted octanol–water partition coefficient (Wildman–Crippen LogP) is 0.115. The summed E-state index contributed by atoms with van der Waals surface area (Å²) in [6.07, 6.45) is -0.853. The fraction of sp³-hybridized carbons (Fsp3) is 0.333. The third-order valence-corrected chi connectivity index (χ3v) is 2.71. The number of benzene rings is 1. The fourth-order valence-corrected chi connectivity index (χ4v) is 1.73. The lowest BCUT2D eigenvalue weighted by atomic mass is 10.2. The van der Waals surface area contributed by atoms with Gasteiger partial charge in [-0.05, 0) is 6.07 Å². The van der Waals surface area contributed by atoms with Crippen molar-refractivity contribution in [3.8, 4) is 0 Å². The second kappa shape index (κ2) is 5.68. The number of H-pyrrole nitrogens is 1. The van der Waals surface area contributed by atoms with Crippen LogP contribution in [0.4, 0.5) is 5.69 Å². The third-order valence-electron chi connectivity index (χ3n) is 2.71. The van der Waals surface area contributed by atoms with E-state index in [1.165, 1.54) is 7.11 Å². The first-order valence-corrected chi connectivity index (χ1v) is 5.75. The molecule has 102 valence electrons. The number of nitrogens with zero attached hydrogens (tertiary/aromatic N) is 1. The standard InChI is InChI=1S/C12H15N3O4/c1-19-12(18)11-8-3-2-4-9(10(8)14-15-11)13-5-7(17)6-16/h2-4,7,13,16-17H,5-6H2,1H3,(H,14,15). The van der Waals surface area contributed by atoms with E-state index in [1.54, 1.807) is 18.2 Å². The molecule has 7 nitrogen and oxygen atoms in total. The average Bonchev–Trinajstić information content (AvgIpc) is 2.88. The van der Waals surface area contributed by atoms with E-state index in [0.717, 1.165) is 0 Å². The van der Waals surface area contributed by atoms with E-state index in [2.05, 4.69) is 20.3 Å². The van der Waals surface area contributed by atoms with E-state index in [1.807, 2.05) is 0 Å². The predicted molar refractivity (Wildman–Crippen MR) is 69.0 cm³/mol. The van der Waals surface area contributed by atoms with Gasteiger partial charge in [0.25, 0.3) is 0 Å². The van der Waals surface area contributed by atoms with Gasteiger partial charge in [-0.2, -0.15) is 5.10 Å². The van der Waals surface area contributed by atoms with Crippen molar-refractivity contribution in [3.63, 3.8) is 0 Å². The molecule has 4 N–H and O–H groups in total. The number of hydrogen-bond acceptors (Lipinski definition) is 6. The number of methoxy groups -OCH3 is 1. The van der Waals surface area contributed by atoms with Crippen LogP contribution in [0.25, 0.3) is 10.9 Å². The van der Waals surface area contributed by atoms with Crippen LogP contribution in [-0.2, 0) is 4.74 Å². The number of aliphatic hydroxyl groups excluding tert-OH is 2. The molecule has 0 bridgehead atoms. The lowest BCUT2D eigenvalue weighted by Gasteiger charge is -2.10. The number of aromatic nitrogens is 2. The molecule has 7 heteroatoms. The molecule has 1 aromatic carbocycles. The molecule has 0 aliphatic heterocycles. The monoisotopic (exact) mass is 265 g/mol. The highest BCUT2D eigenvalue weighted by molar-refractivity contribution is 6.05. The third kappa shape index (κ3) is 2.67. The van der Waals surface area contributed by atoms with Crippen molar-refractivity contribution in [2.24, 2.45) is 0 Å². The largest absolute Gasteiger partial charge is 0.464 e. The number of fused-ring (bicyclic) bond motifs is 1. The summed E-state index contributed by atoms with van der Waals surface area (Å²) in [7, 11) is 1.30. The Balaban J connectivity index is 2.31. The Morgan fingerprint density at radius 1 is 1.58 bits per heavy atom. The highest BCUT2D eigenvalue weighted by atomic mass is 16.5. The van der Waals surface area contributed by atoms with Crippen LogP contribution in [0.15, 0.2) is 18.2 Å². The van der Waals surface area contributed by atoms with Crippen LogP contribution < -0.4 is 5.32 Å². The summed E-state index contributed by atoms with van der Waals surface area (Å²) in [6, 6.07) is 5.28. The highest BCUT2D eigenvalue weighted by Crippen LogP contribution is 2.24. The zero-order valence-corrected chi connectivity index (χ0v) is 10.4. The van der Waals surface area contributed by atoms with Crippen LogP contribution in [0.5, 0.6) is 0 Å². The molecule has 19 heavy (non-hydrogen) atoms. The van der Waals surface area contributed by atoms with E-state index >= 15 is 0 Å². The van der Waals surface area contributed by atoms with Crippen molar-refractivity contribution in [2.75, 3.05) is 25.6 Å². The first-order valence-electron chi connectivity index (χ1n) is 5.75. The Labute approximate surface area is 109 Å². The van der Waals surface area contributed by atoms with Crippen LogP contribution in [0.2, 0.25) is 0 Å². The molecular weight excluding hydrogens is 250 g/mol. The topological polar surface area (TPSA) is 107 Å². The molecule has 0 fully saturated rings. The number of para-hydroxylation sites is 1. The molecule has 0 saturated heterocycles. The van der Waals surface area contributed by atoms with Gasteiger partial charge in [0, 0.05) is 11.9 Å². The zero-order chi connectivity index (χ0) is 13.8. The molecule has 1 unspecified atom stereocenters. The molecular formula is C12H15N3O4. The van der Waals surface area contributed by atoms with E-state index in [-0.39, 0.29) is 18.8 Å². The smallest absolute Gasteiger partial charge is 0.356 e. The summed E-state index contributed by atoms with van der Waals surface area (Å²) in [5.41, 5.74) is 1.52. The minimum Gasteiger partial charge on any atom is -0.464 e. The Kier molecular flexibility index (Phi) is 3.98. The maximum Gasteiger partial charge on any atom is 0.356 e. The number of carbonyl (C=O) groups excluding carboxylic acids is 1. The van der Waals surface area contributed by atoms with Crippen LogP contribution in [0, 0.1) is 0 Å². The number of ether oxygens (including phenoxy) is 1. The summed E-state index contributed by atoms with van der Waals surface area (Å²) in [6.45, 7) is -0.132. The first kappa shape index (κ1) is 13.3. The number of esters is 1. The van der Waals surface area contributed by atoms with E-state index in [0.29, 0.717) is 16.6 Å². The number of rotatable bonds is 5. The highest BCUT2D eigenvalue weighted by Gasteiger charge is 2.15. The van der Waals surface area contributed by atoms with Crippen LogP contribution >= 0.6 is 0 Å². The SMILES string of the molecule is COC(=O)c1[nH]nc2c(NCC(O)CO)cccc12. The Bertz CT molecular complexity index is 581. The maximum atomic E-state index is 11.5. The second-order valence-electron chi connectivity index (χ2n) is 4.01. The van der Waals surface area contributed by atoms with Gasteiger partial charge in [-0.25, -0.2) is 4.79 Å². The van der Waals surface area contributed by atoms with Crippen LogP contribution in [-0.4, -0.2) is 52.7 Å². The van der Waals surface area contributed by atoms with E-state index in [9.17, 15) is 9.90 Å². The maximum absolute atomic E-state index is 11.5. The lowest BCUT2D eigenvalue weighted by Crippen LogP contribution is -2.23. The summed E-state index contributed by atoms with van der Waals surface area (Å²) in [4.78, 5) is 11.5. The van der Waals surface area contributed by atoms with Crippen molar-refractivity contribution in [1.82, 2.24) is 10.2 Å². The minimum atomic E-state index is -0.853. The minimum absolute atomic E-state index is 0.191. The van der Waals surface area contributed by atoms with Crippen molar-refractivity contribution in [1.29, 1.82) is 0 Å². The quantitative estimate of drug-likeness (QED) is 0.572. The number of nitrogens with one attached hydrogen (secondary N) is 2. The number of aromatic amines is 1. The molecule has 0 radical (unpaired) electrons. The molecule has 0 aliphatic rings. The Hall–Kier alpha value is -2.12. The molecule has 1 atom stereocenters. The van der Waals surface area contributed by atoms with Gasteiger partial charge in [0.2, 0.25) is 0 Å². The van der Waals surface area contributed by atoms with Gasteiger partial charge in [0.15, 0.2) is 5.69 Å². The molecule has 1 aromatic heterocycles. The molecule has 0 spiro atoms. The molecule has 2 aromatic rings. The summed E-state index contributed by atoms with van der Waals surface area (Å²) in [5.74, 6) is -0.491. The molecule has 0 saturated carbocycles. The molecule has 0 aliphatic carbocycles. The second-order valence-corrected chi connectivity index (χ2v) is 4.01. The van der Waals surface area contributed by atoms with E-state index < -0.39 is 12.1 Å². The molecule has 2 rings (SSSR count). The summed E-state index contributed by atoms with van der Waals surface area (Å²) >= 11 is 0. The van der Waals surface area contributed by atoms with Crippen molar-refractivity contribution in [3.05, 3.63) is 23.9 Å². The van der Waals surface area contributed by atoms with Gasteiger partial charge in [-0.1, -0.05) is 12.1 Å². The van der Waals surface area contributed by atoms with Gasteiger partial charge in [-0.3, -0.25) is 5.10 Å². The van der Waals surface area contributed by atoms with Crippen molar-refractivity contribution in [2.45, 2.75) is 6.10 Å². The van der Waals surface area contributed by atoms with Gasteiger partial charge < -0.3 is 20.3 Å². The van der Waals surface area contributed by atoms with Crippen LogP contribution in [0.3, 0.4) is 0 Å². The zero-order valence-electron chi connectivity index (χ0n) is 10.4. The number of anilines is 1. The molecule has 0 amide bonds. The number of carbonyl (C=O) groups is 1. The Morgan fingerprint density at radius 2 is 2.37 bits per heavy atom. The normalized spacial score (nSPS) is 12.4. The average molecular weight is 265 g/mol.